The summed E-state index contributed by atoms with van der Waals surface area (Å²) in [5, 5.41) is 14.9. The predicted octanol–water partition coefficient (Wildman–Crippen LogP) is -1.50. The zero-order valence-electron chi connectivity index (χ0n) is 20.2. The number of rotatable bonds is 7. The van der Waals surface area contributed by atoms with Crippen LogP contribution in [0.25, 0.3) is 0 Å². The van der Waals surface area contributed by atoms with Crippen molar-refractivity contribution in [3.05, 3.63) is 35.9 Å². The van der Waals surface area contributed by atoms with Crippen LogP contribution in [0, 0.1) is 0 Å². The highest BCUT2D eigenvalue weighted by Crippen LogP contribution is 2.34. The number of ether oxygens (including phenoxy) is 1. The molecule has 2 unspecified atom stereocenters. The molecular formula is C23H25N5O10. The lowest BCUT2D eigenvalue weighted by atomic mass is 10.1. The Morgan fingerprint density at radius 1 is 1.11 bits per heavy atom. The van der Waals surface area contributed by atoms with Crippen molar-refractivity contribution >= 4 is 41.6 Å². The lowest BCUT2D eigenvalue weighted by molar-refractivity contribution is -0.256. The maximum absolute atomic E-state index is 13.3. The lowest BCUT2D eigenvalue weighted by Gasteiger charge is -2.32. The first-order chi connectivity index (χ1) is 18.1. The van der Waals surface area contributed by atoms with Crippen LogP contribution in [-0.4, -0.2) is 99.6 Å². The number of benzene rings is 1. The number of hydrogen-bond donors (Lipinski definition) is 3. The number of imide groups is 1. The van der Waals surface area contributed by atoms with Crippen molar-refractivity contribution in [3.8, 4) is 0 Å². The van der Waals surface area contributed by atoms with Gasteiger partial charge in [0, 0.05) is 26.1 Å². The summed E-state index contributed by atoms with van der Waals surface area (Å²) in [6, 6.07) is 4.20. The summed E-state index contributed by atoms with van der Waals surface area (Å²) in [7, 11) is 0. The molecule has 6 amide bonds. The minimum absolute atomic E-state index is 0.0761. The number of aliphatic carboxylic acids is 1. The standard InChI is InChI=1S/C23H25N5O10/c1-2-26-10-11-27(20(33)19(26)32)22(36)25-16(13-6-4-3-5-7-13)17(30)24-14-12-37-28(18(14)31)23(21(34)35)9-8-15(29)38-23/h3-7,14,16H,2,8-12H2,1H3,(H,24,30)(H,25,36)(H,34,35)/t14-,16?,23?/m0/s1. The number of carboxylic acid groups (broad SMARTS) is 1. The van der Waals surface area contributed by atoms with Crippen LogP contribution in [0.5, 0.6) is 0 Å². The van der Waals surface area contributed by atoms with Gasteiger partial charge in [0.05, 0.1) is 6.42 Å². The van der Waals surface area contributed by atoms with Gasteiger partial charge in [-0.3, -0.25) is 33.7 Å². The van der Waals surface area contributed by atoms with Gasteiger partial charge in [-0.05, 0) is 12.5 Å². The summed E-state index contributed by atoms with van der Waals surface area (Å²) in [5.74, 6) is -6.15. The maximum Gasteiger partial charge on any atom is 0.372 e. The van der Waals surface area contributed by atoms with E-state index in [4.69, 9.17) is 9.57 Å². The predicted molar refractivity (Wildman–Crippen MR) is 122 cm³/mol. The van der Waals surface area contributed by atoms with Crippen LogP contribution in [0.1, 0.15) is 31.4 Å². The van der Waals surface area contributed by atoms with Gasteiger partial charge >= 0.3 is 35.5 Å². The van der Waals surface area contributed by atoms with E-state index < -0.39 is 66.0 Å². The third-order valence-corrected chi connectivity index (χ3v) is 6.40. The monoisotopic (exact) mass is 531 g/mol. The van der Waals surface area contributed by atoms with E-state index in [1.807, 2.05) is 0 Å². The van der Waals surface area contributed by atoms with Crippen LogP contribution >= 0.6 is 0 Å². The first-order valence-corrected chi connectivity index (χ1v) is 11.8. The molecule has 0 bridgehead atoms. The molecule has 0 saturated carbocycles. The Morgan fingerprint density at radius 2 is 1.82 bits per heavy atom. The Hall–Kier alpha value is -4.53. The molecule has 3 atom stereocenters. The third kappa shape index (κ3) is 4.74. The Kier molecular flexibility index (Phi) is 7.30. The lowest BCUT2D eigenvalue weighted by Crippen LogP contribution is -2.59. The molecular weight excluding hydrogens is 506 g/mol. The fourth-order valence-corrected chi connectivity index (χ4v) is 4.33. The number of cyclic esters (lactones) is 1. The van der Waals surface area contributed by atoms with Gasteiger partial charge in [0.2, 0.25) is 5.91 Å². The molecule has 1 aromatic carbocycles. The molecule has 3 fully saturated rings. The van der Waals surface area contributed by atoms with Gasteiger partial charge < -0.3 is 25.4 Å². The molecule has 202 valence electrons. The molecule has 15 nitrogen and oxygen atoms in total. The highest BCUT2D eigenvalue weighted by atomic mass is 16.7. The van der Waals surface area contributed by atoms with E-state index >= 15 is 0 Å². The van der Waals surface area contributed by atoms with Gasteiger partial charge in [0.25, 0.3) is 5.91 Å². The molecule has 0 aromatic heterocycles. The van der Waals surface area contributed by atoms with Gasteiger partial charge in [-0.1, -0.05) is 30.3 Å². The van der Waals surface area contributed by atoms with Crippen molar-refractivity contribution in [3.63, 3.8) is 0 Å². The molecule has 1 aromatic rings. The van der Waals surface area contributed by atoms with Gasteiger partial charge in [-0.2, -0.15) is 5.06 Å². The average molecular weight is 531 g/mol. The van der Waals surface area contributed by atoms with Crippen LogP contribution in [-0.2, 0) is 38.3 Å². The van der Waals surface area contributed by atoms with E-state index in [9.17, 15) is 38.7 Å². The number of hydroxylamine groups is 2. The molecule has 3 saturated heterocycles. The second-order valence-corrected chi connectivity index (χ2v) is 8.69. The second-order valence-electron chi connectivity index (χ2n) is 8.69. The summed E-state index contributed by atoms with van der Waals surface area (Å²) in [6.45, 7) is 1.59. The van der Waals surface area contributed by atoms with E-state index in [1.165, 1.54) is 17.0 Å². The Bertz CT molecular complexity index is 1190. The quantitative estimate of drug-likeness (QED) is 0.276. The summed E-state index contributed by atoms with van der Waals surface area (Å²) < 4.78 is 4.89. The number of esters is 1. The molecule has 0 radical (unpaired) electrons. The van der Waals surface area contributed by atoms with E-state index in [2.05, 4.69) is 10.6 Å². The maximum atomic E-state index is 13.3. The number of urea groups is 1. The molecule has 3 N–H and O–H groups in total. The molecule has 4 rings (SSSR count). The summed E-state index contributed by atoms with van der Waals surface area (Å²) in [5.41, 5.74) is -2.05. The molecule has 3 aliphatic heterocycles. The normalized spacial score (nSPS) is 24.3. The SMILES string of the molecule is CCN1CCN(C(=O)NC(C(=O)N[C@H]2CON(C3(C(=O)O)CCC(=O)O3)C2=O)c2ccccc2)C(=O)C1=O. The zero-order chi connectivity index (χ0) is 27.6. The summed E-state index contributed by atoms with van der Waals surface area (Å²) in [4.78, 5) is 94.5. The minimum atomic E-state index is -2.35. The van der Waals surface area contributed by atoms with E-state index in [1.54, 1.807) is 25.1 Å². The first kappa shape index (κ1) is 26.5. The van der Waals surface area contributed by atoms with E-state index in [0.717, 1.165) is 0 Å². The highest BCUT2D eigenvalue weighted by Gasteiger charge is 2.59. The molecule has 0 spiro atoms. The van der Waals surface area contributed by atoms with Gasteiger partial charge in [-0.15, -0.1) is 0 Å². The number of hydrogen-bond acceptors (Lipinski definition) is 9. The van der Waals surface area contributed by atoms with Crippen LogP contribution < -0.4 is 10.6 Å². The number of carboxylic acids is 1. The Labute approximate surface area is 215 Å². The number of carbonyl (C=O) groups is 7. The Balaban J connectivity index is 1.50. The molecule has 38 heavy (non-hydrogen) atoms. The van der Waals surface area contributed by atoms with Crippen molar-refractivity contribution in [2.75, 3.05) is 26.2 Å². The van der Waals surface area contributed by atoms with E-state index in [-0.39, 0.29) is 25.9 Å². The number of piperazine rings is 1. The van der Waals surface area contributed by atoms with Gasteiger partial charge in [0.15, 0.2) is 0 Å². The average Bonchev–Trinajstić information content (AvgIpc) is 3.47. The number of nitrogens with one attached hydrogen (secondary N) is 2. The van der Waals surface area contributed by atoms with Crippen LogP contribution in [0.4, 0.5) is 4.79 Å². The second kappa shape index (κ2) is 10.5. The molecule has 15 heteroatoms. The zero-order valence-corrected chi connectivity index (χ0v) is 20.2. The topological polar surface area (TPSA) is 192 Å². The molecule has 0 aliphatic carbocycles. The number of nitrogens with zero attached hydrogens (tertiary/aromatic N) is 3. The smallest absolute Gasteiger partial charge is 0.372 e. The van der Waals surface area contributed by atoms with Crippen molar-refractivity contribution in [2.24, 2.45) is 0 Å². The van der Waals surface area contributed by atoms with Crippen molar-refractivity contribution < 1.29 is 48.2 Å². The van der Waals surface area contributed by atoms with Crippen molar-refractivity contribution in [2.45, 2.75) is 37.6 Å². The number of carbonyl (C=O) groups excluding carboxylic acids is 6. The highest BCUT2D eigenvalue weighted by molar-refractivity contribution is 6.38. The first-order valence-electron chi connectivity index (χ1n) is 11.8. The summed E-state index contributed by atoms with van der Waals surface area (Å²) in [6.07, 6.45) is -0.583. The number of amides is 6. The minimum Gasteiger partial charge on any atom is -0.477 e. The number of likely N-dealkylation sites (N-methyl/N-ethyl adjacent to an activating group) is 1. The molecule has 3 aliphatic rings. The van der Waals surface area contributed by atoms with Gasteiger partial charge in [-0.25, -0.2) is 9.59 Å². The molecule has 3 heterocycles. The van der Waals surface area contributed by atoms with Crippen LogP contribution in [0.3, 0.4) is 0 Å². The van der Waals surface area contributed by atoms with E-state index in [0.29, 0.717) is 22.1 Å². The third-order valence-electron chi connectivity index (χ3n) is 6.40. The fourth-order valence-electron chi connectivity index (χ4n) is 4.33. The van der Waals surface area contributed by atoms with Crippen molar-refractivity contribution in [1.29, 1.82) is 0 Å². The van der Waals surface area contributed by atoms with Crippen molar-refractivity contribution in [1.82, 2.24) is 25.5 Å². The fraction of sp³-hybridized carbons (Fsp3) is 0.435. The Morgan fingerprint density at radius 3 is 2.42 bits per heavy atom. The summed E-state index contributed by atoms with van der Waals surface area (Å²) >= 11 is 0. The van der Waals surface area contributed by atoms with Crippen LogP contribution in [0.2, 0.25) is 0 Å². The largest absolute Gasteiger partial charge is 0.477 e. The van der Waals surface area contributed by atoms with Gasteiger partial charge in [0.1, 0.15) is 18.7 Å². The van der Waals surface area contributed by atoms with Crippen LogP contribution in [0.15, 0.2) is 30.3 Å².